The molecule has 0 fully saturated rings. The largest absolute Gasteiger partial charge is 0.423 e. The zero-order valence-corrected chi connectivity index (χ0v) is 10.5. The second-order valence-electron chi connectivity index (χ2n) is 4.32. The lowest BCUT2D eigenvalue weighted by Crippen LogP contribution is -2.06. The molecule has 0 aliphatic heterocycles. The number of hydrogen-bond acceptors (Lipinski definition) is 6. The highest BCUT2D eigenvalue weighted by molar-refractivity contribution is 5.83. The Labute approximate surface area is 109 Å². The Morgan fingerprint density at radius 1 is 1.58 bits per heavy atom. The van der Waals surface area contributed by atoms with Crippen LogP contribution in [0.15, 0.2) is 22.6 Å². The summed E-state index contributed by atoms with van der Waals surface area (Å²) in [7, 11) is 0. The van der Waals surface area contributed by atoms with E-state index >= 15 is 0 Å². The third-order valence-electron chi connectivity index (χ3n) is 2.67. The van der Waals surface area contributed by atoms with Gasteiger partial charge < -0.3 is 14.8 Å². The van der Waals surface area contributed by atoms with Gasteiger partial charge in [-0.3, -0.25) is 10.1 Å². The minimum atomic E-state index is -0.484. The molecule has 0 saturated heterocycles. The van der Waals surface area contributed by atoms with Crippen LogP contribution in [0.4, 0.5) is 11.7 Å². The second-order valence-corrected chi connectivity index (χ2v) is 4.32. The Kier molecular flexibility index (Phi) is 3.96. The van der Waals surface area contributed by atoms with E-state index < -0.39 is 4.92 Å². The minimum Gasteiger partial charge on any atom is -0.423 e. The van der Waals surface area contributed by atoms with Gasteiger partial charge in [0.1, 0.15) is 0 Å². The van der Waals surface area contributed by atoms with Crippen molar-refractivity contribution < 1.29 is 14.4 Å². The predicted molar refractivity (Wildman–Crippen MR) is 70.1 cm³/mol. The number of nitro groups is 1. The minimum absolute atomic E-state index is 0.0710. The van der Waals surface area contributed by atoms with E-state index in [0.717, 1.165) is 6.42 Å². The Morgan fingerprint density at radius 3 is 3.05 bits per heavy atom. The number of aromatic nitrogens is 1. The molecule has 0 aliphatic carbocycles. The van der Waals surface area contributed by atoms with Crippen LogP contribution in [0.3, 0.4) is 0 Å². The maximum atomic E-state index is 10.8. The zero-order chi connectivity index (χ0) is 13.8. The SMILES string of the molecule is CC(O)CCCNc1nc2c([N+](=O)[O-])cccc2o1. The Balaban J connectivity index is 2.09. The Hall–Kier alpha value is -2.15. The number of nitrogens with zero attached hydrogens (tertiary/aromatic N) is 2. The first-order valence-corrected chi connectivity index (χ1v) is 6.04. The number of nitrogens with one attached hydrogen (secondary N) is 1. The summed E-state index contributed by atoms with van der Waals surface area (Å²) in [6.45, 7) is 2.31. The van der Waals surface area contributed by atoms with E-state index in [1.807, 2.05) is 0 Å². The van der Waals surface area contributed by atoms with Gasteiger partial charge in [0.15, 0.2) is 11.1 Å². The third-order valence-corrected chi connectivity index (χ3v) is 2.67. The van der Waals surface area contributed by atoms with Gasteiger partial charge in [0.25, 0.3) is 11.7 Å². The first-order chi connectivity index (χ1) is 9.08. The van der Waals surface area contributed by atoms with E-state index in [1.165, 1.54) is 6.07 Å². The van der Waals surface area contributed by atoms with Gasteiger partial charge in [-0.1, -0.05) is 6.07 Å². The number of rotatable bonds is 6. The fraction of sp³-hybridized carbons (Fsp3) is 0.417. The number of hydrogen-bond donors (Lipinski definition) is 2. The molecule has 19 heavy (non-hydrogen) atoms. The van der Waals surface area contributed by atoms with Crippen molar-refractivity contribution in [1.29, 1.82) is 0 Å². The van der Waals surface area contributed by atoms with Gasteiger partial charge in [-0.15, -0.1) is 0 Å². The fourth-order valence-electron chi connectivity index (χ4n) is 1.75. The molecule has 0 saturated carbocycles. The van der Waals surface area contributed by atoms with E-state index in [-0.39, 0.29) is 23.3 Å². The summed E-state index contributed by atoms with van der Waals surface area (Å²) in [6.07, 6.45) is 1.10. The monoisotopic (exact) mass is 265 g/mol. The summed E-state index contributed by atoms with van der Waals surface area (Å²) < 4.78 is 5.38. The van der Waals surface area contributed by atoms with Gasteiger partial charge in [0, 0.05) is 12.6 Å². The van der Waals surface area contributed by atoms with Crippen molar-refractivity contribution in [3.05, 3.63) is 28.3 Å². The second kappa shape index (κ2) is 5.66. The Morgan fingerprint density at radius 2 is 2.37 bits per heavy atom. The van der Waals surface area contributed by atoms with Crippen LogP contribution < -0.4 is 5.32 Å². The molecule has 1 atom stereocenters. The quantitative estimate of drug-likeness (QED) is 0.472. The molecule has 102 valence electrons. The number of aliphatic hydroxyl groups is 1. The molecule has 1 heterocycles. The van der Waals surface area contributed by atoms with E-state index in [1.54, 1.807) is 19.1 Å². The standard InChI is InChI=1S/C12H15N3O4/c1-8(16)4-3-7-13-12-14-11-9(15(17)18)5-2-6-10(11)19-12/h2,5-6,8,16H,3-4,7H2,1H3,(H,13,14). The first kappa shape index (κ1) is 13.3. The highest BCUT2D eigenvalue weighted by atomic mass is 16.6. The molecular weight excluding hydrogens is 250 g/mol. The molecule has 0 bridgehead atoms. The number of aliphatic hydroxyl groups excluding tert-OH is 1. The molecule has 7 nitrogen and oxygen atoms in total. The highest BCUT2D eigenvalue weighted by Crippen LogP contribution is 2.27. The van der Waals surface area contributed by atoms with E-state index in [9.17, 15) is 10.1 Å². The van der Waals surface area contributed by atoms with E-state index in [0.29, 0.717) is 18.5 Å². The lowest BCUT2D eigenvalue weighted by atomic mass is 10.2. The van der Waals surface area contributed by atoms with Crippen molar-refractivity contribution in [1.82, 2.24) is 4.98 Å². The molecule has 1 unspecified atom stereocenters. The molecule has 0 aliphatic rings. The van der Waals surface area contributed by atoms with Gasteiger partial charge in [0.2, 0.25) is 0 Å². The number of benzene rings is 1. The van der Waals surface area contributed by atoms with Crippen LogP contribution >= 0.6 is 0 Å². The Bertz CT molecular complexity index is 579. The molecule has 2 aromatic rings. The number of oxazole rings is 1. The number of non-ortho nitro benzene ring substituents is 1. The van der Waals surface area contributed by atoms with E-state index in [2.05, 4.69) is 10.3 Å². The average Bonchev–Trinajstić information content (AvgIpc) is 2.76. The first-order valence-electron chi connectivity index (χ1n) is 6.04. The van der Waals surface area contributed by atoms with Gasteiger partial charge in [-0.25, -0.2) is 0 Å². The van der Waals surface area contributed by atoms with Crippen molar-refractivity contribution in [2.45, 2.75) is 25.9 Å². The lowest BCUT2D eigenvalue weighted by molar-refractivity contribution is -0.383. The topological polar surface area (TPSA) is 101 Å². The number of nitro benzene ring substituents is 1. The molecule has 0 spiro atoms. The molecule has 1 aromatic carbocycles. The van der Waals surface area contributed by atoms with Crippen LogP contribution in [0.25, 0.3) is 11.1 Å². The third kappa shape index (κ3) is 3.19. The molecular formula is C12H15N3O4. The lowest BCUT2D eigenvalue weighted by Gasteiger charge is -2.03. The number of anilines is 1. The molecule has 0 amide bonds. The predicted octanol–water partition coefficient (Wildman–Crippen LogP) is 2.31. The summed E-state index contributed by atoms with van der Waals surface area (Å²) in [5, 5.41) is 22.9. The maximum Gasteiger partial charge on any atom is 0.298 e. The van der Waals surface area contributed by atoms with Crippen molar-refractivity contribution >= 4 is 22.8 Å². The molecule has 1 aromatic heterocycles. The fourth-order valence-corrected chi connectivity index (χ4v) is 1.75. The van der Waals surface area contributed by atoms with Gasteiger partial charge >= 0.3 is 0 Å². The van der Waals surface area contributed by atoms with Crippen LogP contribution in [-0.2, 0) is 0 Å². The summed E-state index contributed by atoms with van der Waals surface area (Å²) >= 11 is 0. The van der Waals surface area contributed by atoms with Gasteiger partial charge in [-0.05, 0) is 25.8 Å². The summed E-state index contributed by atoms with van der Waals surface area (Å²) in [5.74, 6) is 0. The molecule has 0 radical (unpaired) electrons. The molecule has 2 N–H and O–H groups in total. The normalized spacial score (nSPS) is 12.5. The van der Waals surface area contributed by atoms with Gasteiger partial charge in [0.05, 0.1) is 11.0 Å². The van der Waals surface area contributed by atoms with Crippen LogP contribution in [0.5, 0.6) is 0 Å². The smallest absolute Gasteiger partial charge is 0.298 e. The zero-order valence-electron chi connectivity index (χ0n) is 10.5. The summed E-state index contributed by atoms with van der Waals surface area (Å²) in [6, 6.07) is 4.84. The van der Waals surface area contributed by atoms with Crippen LogP contribution in [0.1, 0.15) is 19.8 Å². The maximum absolute atomic E-state index is 10.8. The van der Waals surface area contributed by atoms with Crippen molar-refractivity contribution in [3.8, 4) is 0 Å². The van der Waals surface area contributed by atoms with Crippen LogP contribution in [0.2, 0.25) is 0 Å². The highest BCUT2D eigenvalue weighted by Gasteiger charge is 2.16. The van der Waals surface area contributed by atoms with Crippen LogP contribution in [0, 0.1) is 10.1 Å². The van der Waals surface area contributed by atoms with Crippen molar-refractivity contribution in [2.75, 3.05) is 11.9 Å². The number of fused-ring (bicyclic) bond motifs is 1. The summed E-state index contributed by atoms with van der Waals surface area (Å²) in [4.78, 5) is 14.4. The van der Waals surface area contributed by atoms with Crippen molar-refractivity contribution in [2.24, 2.45) is 0 Å². The number of para-hydroxylation sites is 1. The summed E-state index contributed by atoms with van der Waals surface area (Å²) in [5.41, 5.74) is 0.552. The average molecular weight is 265 g/mol. The van der Waals surface area contributed by atoms with Crippen LogP contribution in [-0.4, -0.2) is 27.7 Å². The van der Waals surface area contributed by atoms with Crippen molar-refractivity contribution in [3.63, 3.8) is 0 Å². The molecule has 2 rings (SSSR count). The van der Waals surface area contributed by atoms with E-state index in [4.69, 9.17) is 9.52 Å². The molecule has 7 heteroatoms. The van der Waals surface area contributed by atoms with Gasteiger partial charge in [-0.2, -0.15) is 4.98 Å².